The van der Waals surface area contributed by atoms with E-state index in [9.17, 15) is 9.59 Å². The van der Waals surface area contributed by atoms with Crippen LogP contribution in [0.1, 0.15) is 18.9 Å². The number of benzene rings is 2. The zero-order chi connectivity index (χ0) is 20.3. The Morgan fingerprint density at radius 2 is 1.82 bits per heavy atom. The molecule has 3 amide bonds. The molecule has 1 aliphatic rings. The highest BCUT2D eigenvalue weighted by Gasteiger charge is 2.51. The SMILES string of the molecule is CCC1(c2ccc(OC)cc2)NC(=O)N(CCOc2ccc(Cl)cc2Cl)C1=O. The van der Waals surface area contributed by atoms with Gasteiger partial charge in [0.2, 0.25) is 0 Å². The molecule has 1 saturated heterocycles. The van der Waals surface area contributed by atoms with Gasteiger partial charge in [0, 0.05) is 5.02 Å². The lowest BCUT2D eigenvalue weighted by atomic mass is 9.87. The Bertz CT molecular complexity index is 888. The van der Waals surface area contributed by atoms with Gasteiger partial charge in [0.15, 0.2) is 0 Å². The summed E-state index contributed by atoms with van der Waals surface area (Å²) < 4.78 is 10.8. The fourth-order valence-corrected chi connectivity index (χ4v) is 3.65. The third-order valence-electron chi connectivity index (χ3n) is 4.76. The number of amides is 3. The van der Waals surface area contributed by atoms with Crippen LogP contribution in [0.4, 0.5) is 4.79 Å². The first-order valence-corrected chi connectivity index (χ1v) is 9.53. The summed E-state index contributed by atoms with van der Waals surface area (Å²) in [5.41, 5.74) is -0.389. The molecule has 6 nitrogen and oxygen atoms in total. The van der Waals surface area contributed by atoms with Gasteiger partial charge in [-0.3, -0.25) is 9.69 Å². The number of halogens is 2. The van der Waals surface area contributed by atoms with Crippen LogP contribution in [0.5, 0.6) is 11.5 Å². The van der Waals surface area contributed by atoms with Gasteiger partial charge in [-0.05, 0) is 42.3 Å². The first-order chi connectivity index (χ1) is 13.4. The monoisotopic (exact) mass is 422 g/mol. The number of hydrogen-bond donors (Lipinski definition) is 1. The summed E-state index contributed by atoms with van der Waals surface area (Å²) in [6.45, 7) is 2.07. The molecule has 3 rings (SSSR count). The van der Waals surface area contributed by atoms with Crippen molar-refractivity contribution in [1.82, 2.24) is 10.2 Å². The number of imide groups is 1. The smallest absolute Gasteiger partial charge is 0.325 e. The number of methoxy groups -OCH3 is 1. The van der Waals surface area contributed by atoms with Crippen LogP contribution < -0.4 is 14.8 Å². The van der Waals surface area contributed by atoms with Crippen LogP contribution in [0.2, 0.25) is 10.0 Å². The molecule has 2 aromatic carbocycles. The standard InChI is InChI=1S/C20H20Cl2N2O4/c1-3-20(13-4-7-15(27-2)8-5-13)18(25)24(19(26)23-20)10-11-28-17-9-6-14(21)12-16(17)22/h4-9,12H,3,10-11H2,1-2H3,(H,23,26). The van der Waals surface area contributed by atoms with Gasteiger partial charge in [0.05, 0.1) is 18.7 Å². The van der Waals surface area contributed by atoms with E-state index in [1.165, 1.54) is 0 Å². The van der Waals surface area contributed by atoms with E-state index in [-0.39, 0.29) is 19.1 Å². The zero-order valence-corrected chi connectivity index (χ0v) is 17.0. The van der Waals surface area contributed by atoms with Gasteiger partial charge in [0.1, 0.15) is 23.6 Å². The minimum atomic E-state index is -1.10. The molecule has 1 fully saturated rings. The molecular weight excluding hydrogens is 403 g/mol. The minimum Gasteiger partial charge on any atom is -0.497 e. The molecule has 0 radical (unpaired) electrons. The molecule has 1 unspecified atom stereocenters. The summed E-state index contributed by atoms with van der Waals surface area (Å²) in [5.74, 6) is 0.808. The lowest BCUT2D eigenvalue weighted by Gasteiger charge is -2.26. The van der Waals surface area contributed by atoms with Gasteiger partial charge >= 0.3 is 6.03 Å². The van der Waals surface area contributed by atoms with E-state index in [2.05, 4.69) is 5.32 Å². The molecule has 0 bridgehead atoms. The summed E-state index contributed by atoms with van der Waals surface area (Å²) in [7, 11) is 1.57. The molecule has 8 heteroatoms. The predicted octanol–water partition coefficient (Wildman–Crippen LogP) is 4.24. The topological polar surface area (TPSA) is 67.9 Å². The zero-order valence-electron chi connectivity index (χ0n) is 15.5. The van der Waals surface area contributed by atoms with Crippen LogP contribution in [0, 0.1) is 0 Å². The number of nitrogens with zero attached hydrogens (tertiary/aromatic N) is 1. The Morgan fingerprint density at radius 3 is 2.43 bits per heavy atom. The predicted molar refractivity (Wildman–Crippen MR) is 107 cm³/mol. The second-order valence-electron chi connectivity index (χ2n) is 6.30. The van der Waals surface area contributed by atoms with Crippen LogP contribution in [0.25, 0.3) is 0 Å². The lowest BCUT2D eigenvalue weighted by Crippen LogP contribution is -2.43. The first kappa shape index (κ1) is 20.3. The summed E-state index contributed by atoms with van der Waals surface area (Å²) in [4.78, 5) is 26.7. The van der Waals surface area contributed by atoms with Crippen molar-refractivity contribution in [3.63, 3.8) is 0 Å². The Hall–Kier alpha value is -2.44. The lowest BCUT2D eigenvalue weighted by molar-refractivity contribution is -0.132. The highest BCUT2D eigenvalue weighted by Crippen LogP contribution is 2.33. The van der Waals surface area contributed by atoms with Crippen LogP contribution in [0.15, 0.2) is 42.5 Å². The number of carbonyl (C=O) groups excluding carboxylic acids is 2. The molecule has 1 N–H and O–H groups in total. The van der Waals surface area contributed by atoms with Crippen molar-refractivity contribution in [3.05, 3.63) is 58.1 Å². The average molecular weight is 423 g/mol. The number of hydrogen-bond acceptors (Lipinski definition) is 4. The van der Waals surface area contributed by atoms with Gasteiger partial charge in [-0.25, -0.2) is 4.79 Å². The molecule has 148 valence electrons. The third-order valence-corrected chi connectivity index (χ3v) is 5.29. The van der Waals surface area contributed by atoms with Crippen molar-refractivity contribution < 1.29 is 19.1 Å². The average Bonchev–Trinajstić information content (AvgIpc) is 2.94. The molecule has 1 atom stereocenters. The Labute approximate surface area is 173 Å². The highest BCUT2D eigenvalue weighted by molar-refractivity contribution is 6.35. The molecule has 0 aromatic heterocycles. The summed E-state index contributed by atoms with van der Waals surface area (Å²) in [6.07, 6.45) is 0.421. The van der Waals surface area contributed by atoms with Crippen LogP contribution >= 0.6 is 23.2 Å². The molecule has 1 heterocycles. The number of urea groups is 1. The van der Waals surface area contributed by atoms with E-state index in [1.807, 2.05) is 6.92 Å². The van der Waals surface area contributed by atoms with Gasteiger partial charge < -0.3 is 14.8 Å². The van der Waals surface area contributed by atoms with Gasteiger partial charge in [-0.2, -0.15) is 0 Å². The molecule has 0 aliphatic carbocycles. The first-order valence-electron chi connectivity index (χ1n) is 8.77. The summed E-state index contributed by atoms with van der Waals surface area (Å²) >= 11 is 11.9. The van der Waals surface area contributed by atoms with Crippen LogP contribution in [-0.4, -0.2) is 37.1 Å². The number of nitrogens with one attached hydrogen (secondary N) is 1. The summed E-state index contributed by atoms with van der Waals surface area (Å²) in [6, 6.07) is 11.5. The Morgan fingerprint density at radius 1 is 1.11 bits per heavy atom. The van der Waals surface area contributed by atoms with Crippen molar-refractivity contribution in [3.8, 4) is 11.5 Å². The fourth-order valence-electron chi connectivity index (χ4n) is 3.18. The van der Waals surface area contributed by atoms with Crippen LogP contribution in [0.3, 0.4) is 0 Å². The van der Waals surface area contributed by atoms with E-state index in [0.717, 1.165) is 4.90 Å². The van der Waals surface area contributed by atoms with Crippen molar-refractivity contribution in [2.45, 2.75) is 18.9 Å². The van der Waals surface area contributed by atoms with E-state index in [1.54, 1.807) is 49.6 Å². The summed E-state index contributed by atoms with van der Waals surface area (Å²) in [5, 5.41) is 3.70. The highest BCUT2D eigenvalue weighted by atomic mass is 35.5. The van der Waals surface area contributed by atoms with Crippen molar-refractivity contribution in [2.75, 3.05) is 20.3 Å². The fraction of sp³-hybridized carbons (Fsp3) is 0.300. The quantitative estimate of drug-likeness (QED) is 0.677. The molecule has 28 heavy (non-hydrogen) atoms. The largest absolute Gasteiger partial charge is 0.497 e. The number of carbonyl (C=O) groups is 2. The minimum absolute atomic E-state index is 0.0987. The Kier molecular flexibility index (Phi) is 6.01. The van der Waals surface area contributed by atoms with E-state index < -0.39 is 11.6 Å². The molecule has 1 aliphatic heterocycles. The van der Waals surface area contributed by atoms with Gasteiger partial charge in [-0.15, -0.1) is 0 Å². The van der Waals surface area contributed by atoms with E-state index in [0.29, 0.717) is 33.5 Å². The van der Waals surface area contributed by atoms with E-state index >= 15 is 0 Å². The molecule has 2 aromatic rings. The maximum absolute atomic E-state index is 13.1. The van der Waals surface area contributed by atoms with Crippen molar-refractivity contribution in [2.24, 2.45) is 0 Å². The third kappa shape index (κ3) is 3.75. The second kappa shape index (κ2) is 8.29. The molecule has 0 spiro atoms. The van der Waals surface area contributed by atoms with Gasteiger partial charge in [-0.1, -0.05) is 42.3 Å². The molecular formula is C20H20Cl2N2O4. The number of rotatable bonds is 7. The van der Waals surface area contributed by atoms with Gasteiger partial charge in [0.25, 0.3) is 5.91 Å². The maximum atomic E-state index is 13.1. The van der Waals surface area contributed by atoms with E-state index in [4.69, 9.17) is 32.7 Å². The van der Waals surface area contributed by atoms with Crippen molar-refractivity contribution >= 4 is 35.1 Å². The van der Waals surface area contributed by atoms with Crippen molar-refractivity contribution in [1.29, 1.82) is 0 Å². The molecule has 0 saturated carbocycles. The Balaban J connectivity index is 1.72. The normalized spacial score (nSPS) is 18.9. The second-order valence-corrected chi connectivity index (χ2v) is 7.14. The van der Waals surface area contributed by atoms with Crippen LogP contribution in [-0.2, 0) is 10.3 Å². The number of ether oxygens (including phenoxy) is 2. The maximum Gasteiger partial charge on any atom is 0.325 e.